The van der Waals surface area contributed by atoms with Crippen LogP contribution in [0.4, 0.5) is 5.69 Å². The number of hydrogen-bond donors (Lipinski definition) is 1. The smallest absolute Gasteiger partial charge is 0.282 e. The Morgan fingerprint density at radius 2 is 1.29 bits per heavy atom. The molecule has 2 rings (SSSR count). The third kappa shape index (κ3) is 8.98. The van der Waals surface area contributed by atoms with Crippen LogP contribution in [0.25, 0.3) is 0 Å². The fourth-order valence-electron chi connectivity index (χ4n) is 4.19. The van der Waals surface area contributed by atoms with Gasteiger partial charge in [-0.3, -0.25) is 9.35 Å². The van der Waals surface area contributed by atoms with E-state index < -0.39 is 21.3 Å². The van der Waals surface area contributed by atoms with Crippen LogP contribution in [0.3, 0.4) is 0 Å². The minimum atomic E-state index is -4.68. The Kier molecular flexibility index (Phi) is 12.6. The zero-order valence-corrected chi connectivity index (χ0v) is 22.8. The summed E-state index contributed by atoms with van der Waals surface area (Å²) in [4.78, 5) is 12.8. The summed E-state index contributed by atoms with van der Waals surface area (Å²) < 4.78 is 33.5. The number of rotatable bonds is 16. The van der Waals surface area contributed by atoms with Crippen LogP contribution in [-0.2, 0) is 14.9 Å². The fraction of sp³-hybridized carbons (Fsp3) is 0.667. The lowest BCUT2D eigenvalue weighted by molar-refractivity contribution is -0.116. The van der Waals surface area contributed by atoms with Gasteiger partial charge in [-0.25, -0.2) is 0 Å². The first-order chi connectivity index (χ1) is 16.2. The summed E-state index contributed by atoms with van der Waals surface area (Å²) in [5, 5.41) is 3.69. The van der Waals surface area contributed by atoms with Gasteiger partial charge in [0.25, 0.3) is 16.0 Å². The normalized spacial score (nSPS) is 16.4. The summed E-state index contributed by atoms with van der Waals surface area (Å²) in [6, 6.07) is 2.78. The largest absolute Gasteiger partial charge is 0.285 e. The summed E-state index contributed by atoms with van der Waals surface area (Å²) in [5.41, 5.74) is 0.143. The molecular weight excluding hydrogens is 519 g/mol. The van der Waals surface area contributed by atoms with Crippen molar-refractivity contribution in [2.75, 3.05) is 5.01 Å². The van der Waals surface area contributed by atoms with Crippen LogP contribution < -0.4 is 5.01 Å². The molecule has 34 heavy (non-hydrogen) atoms. The molecule has 1 amide bonds. The highest BCUT2D eigenvalue weighted by Gasteiger charge is 2.45. The molecule has 192 valence electrons. The van der Waals surface area contributed by atoms with Crippen molar-refractivity contribution in [3.63, 3.8) is 0 Å². The lowest BCUT2D eigenvalue weighted by Crippen LogP contribution is -2.38. The van der Waals surface area contributed by atoms with E-state index in [0.717, 1.165) is 24.3 Å². The van der Waals surface area contributed by atoms with Gasteiger partial charge in [-0.2, -0.15) is 18.5 Å². The van der Waals surface area contributed by atoms with Crippen molar-refractivity contribution >= 4 is 62.2 Å². The fourth-order valence-corrected chi connectivity index (χ4v) is 6.03. The van der Waals surface area contributed by atoms with Crippen molar-refractivity contribution in [2.45, 2.75) is 102 Å². The molecule has 1 aromatic rings. The average molecular weight is 554 g/mol. The molecule has 1 aromatic carbocycles. The molecule has 0 bridgehead atoms. The second kappa shape index (κ2) is 14.6. The van der Waals surface area contributed by atoms with Crippen LogP contribution in [0.1, 0.15) is 96.8 Å². The molecule has 1 heterocycles. The topological polar surface area (TPSA) is 87.0 Å². The van der Waals surface area contributed by atoms with E-state index in [4.69, 9.17) is 34.8 Å². The number of nitrogens with zero attached hydrogens (tertiary/aromatic N) is 2. The van der Waals surface area contributed by atoms with Crippen molar-refractivity contribution in [3.8, 4) is 0 Å². The first kappa shape index (κ1) is 29.4. The summed E-state index contributed by atoms with van der Waals surface area (Å²) in [5.74, 6) is -0.904. The number of anilines is 1. The van der Waals surface area contributed by atoms with Gasteiger partial charge in [-0.1, -0.05) is 119 Å². The van der Waals surface area contributed by atoms with Crippen LogP contribution in [0.5, 0.6) is 0 Å². The molecule has 10 heteroatoms. The van der Waals surface area contributed by atoms with Gasteiger partial charge in [0.2, 0.25) is 5.25 Å². The number of amides is 1. The summed E-state index contributed by atoms with van der Waals surface area (Å²) in [7, 11) is -4.68. The first-order valence-corrected chi connectivity index (χ1v) is 14.8. The van der Waals surface area contributed by atoms with Gasteiger partial charge in [0.15, 0.2) is 0 Å². The molecule has 0 aliphatic carbocycles. The third-order valence-corrected chi connectivity index (χ3v) is 7.86. The van der Waals surface area contributed by atoms with E-state index in [9.17, 15) is 17.8 Å². The van der Waals surface area contributed by atoms with E-state index in [0.29, 0.717) is 6.42 Å². The lowest BCUT2D eigenvalue weighted by Gasteiger charge is -2.16. The monoisotopic (exact) mass is 552 g/mol. The van der Waals surface area contributed by atoms with Crippen molar-refractivity contribution in [2.24, 2.45) is 5.10 Å². The molecule has 0 aromatic heterocycles. The molecule has 0 saturated carbocycles. The Labute approximate surface area is 218 Å². The van der Waals surface area contributed by atoms with Crippen LogP contribution in [0.2, 0.25) is 15.1 Å². The van der Waals surface area contributed by atoms with Crippen LogP contribution >= 0.6 is 34.8 Å². The maximum absolute atomic E-state index is 12.8. The molecular formula is C24H35Cl3N2O4S. The molecule has 0 fully saturated rings. The predicted molar refractivity (Wildman–Crippen MR) is 142 cm³/mol. The molecule has 1 aliphatic rings. The SMILES string of the molecule is CCCCCCCCCCCCCCCC1=NN(c2c(Cl)cc(Cl)cc2Cl)C(=O)C1S(=O)(=O)O. The Morgan fingerprint density at radius 1 is 0.853 bits per heavy atom. The van der Waals surface area contributed by atoms with Gasteiger partial charge in [0.05, 0.1) is 15.8 Å². The van der Waals surface area contributed by atoms with E-state index in [-0.39, 0.29) is 32.9 Å². The van der Waals surface area contributed by atoms with E-state index in [2.05, 4.69) is 12.0 Å². The van der Waals surface area contributed by atoms with E-state index >= 15 is 0 Å². The van der Waals surface area contributed by atoms with Crippen molar-refractivity contribution in [1.29, 1.82) is 0 Å². The van der Waals surface area contributed by atoms with Gasteiger partial charge in [0.1, 0.15) is 5.69 Å². The van der Waals surface area contributed by atoms with Crippen LogP contribution in [0.15, 0.2) is 17.2 Å². The molecule has 0 saturated heterocycles. The maximum atomic E-state index is 12.8. The number of carbonyl (C=O) groups is 1. The van der Waals surface area contributed by atoms with E-state index in [1.165, 1.54) is 69.9 Å². The summed E-state index contributed by atoms with van der Waals surface area (Å²) >= 11 is 18.3. The highest BCUT2D eigenvalue weighted by molar-refractivity contribution is 7.88. The van der Waals surface area contributed by atoms with Gasteiger partial charge in [-0.15, -0.1) is 0 Å². The molecule has 0 radical (unpaired) electrons. The molecule has 1 N–H and O–H groups in total. The Morgan fingerprint density at radius 3 is 1.74 bits per heavy atom. The first-order valence-electron chi connectivity index (χ1n) is 12.2. The standard InChI is InChI=1S/C24H35Cl3N2O4S/c1-2-3-4-5-6-7-8-9-10-11-12-13-14-15-21-23(34(31,32)33)24(30)29(28-21)22-19(26)16-18(25)17-20(22)27/h16-17,23H,2-15H2,1H3,(H,31,32,33). The van der Waals surface area contributed by atoms with Crippen LogP contribution in [0, 0.1) is 0 Å². The third-order valence-electron chi connectivity index (χ3n) is 5.99. The minimum Gasteiger partial charge on any atom is -0.285 e. The quantitative estimate of drug-likeness (QED) is 0.165. The number of benzene rings is 1. The highest BCUT2D eigenvalue weighted by atomic mass is 35.5. The number of unbranched alkanes of at least 4 members (excludes halogenated alkanes) is 12. The Hall–Kier alpha value is -0.860. The van der Waals surface area contributed by atoms with Crippen molar-refractivity contribution < 1.29 is 17.8 Å². The van der Waals surface area contributed by atoms with Crippen molar-refractivity contribution in [3.05, 3.63) is 27.2 Å². The molecule has 6 nitrogen and oxygen atoms in total. The van der Waals surface area contributed by atoms with Gasteiger partial charge in [0, 0.05) is 5.02 Å². The Balaban J connectivity index is 1.81. The minimum absolute atomic E-state index is 0.0479. The predicted octanol–water partition coefficient (Wildman–Crippen LogP) is 8.09. The average Bonchev–Trinajstić information content (AvgIpc) is 3.07. The zero-order chi connectivity index (χ0) is 25.1. The maximum Gasteiger partial charge on any atom is 0.282 e. The molecule has 1 atom stereocenters. The second-order valence-corrected chi connectivity index (χ2v) is 11.6. The summed E-state index contributed by atoms with van der Waals surface area (Å²) in [6.07, 6.45) is 15.7. The molecule has 1 unspecified atom stereocenters. The Bertz CT molecular complexity index is 931. The van der Waals surface area contributed by atoms with E-state index in [1.807, 2.05) is 0 Å². The second-order valence-electron chi connectivity index (χ2n) is 8.85. The van der Waals surface area contributed by atoms with Gasteiger partial charge >= 0.3 is 0 Å². The number of hydrazone groups is 1. The number of hydrogen-bond acceptors (Lipinski definition) is 4. The van der Waals surface area contributed by atoms with Gasteiger partial charge in [-0.05, 0) is 25.0 Å². The van der Waals surface area contributed by atoms with Gasteiger partial charge < -0.3 is 0 Å². The molecule has 1 aliphatic heterocycles. The number of carbonyl (C=O) groups excluding carboxylic acids is 1. The summed E-state index contributed by atoms with van der Waals surface area (Å²) in [6.45, 7) is 2.23. The van der Waals surface area contributed by atoms with E-state index in [1.54, 1.807) is 0 Å². The van der Waals surface area contributed by atoms with Crippen molar-refractivity contribution in [1.82, 2.24) is 0 Å². The highest BCUT2D eigenvalue weighted by Crippen LogP contribution is 2.39. The lowest BCUT2D eigenvalue weighted by atomic mass is 10.0. The molecule has 0 spiro atoms. The number of halogens is 3. The zero-order valence-electron chi connectivity index (χ0n) is 19.7. The van der Waals surface area contributed by atoms with Crippen LogP contribution in [-0.4, -0.2) is 29.8 Å².